The maximum atomic E-state index is 9.75. The van der Waals surface area contributed by atoms with Crippen LogP contribution >= 0.6 is 11.8 Å². The van der Waals surface area contributed by atoms with Crippen LogP contribution in [0.2, 0.25) is 0 Å². The summed E-state index contributed by atoms with van der Waals surface area (Å²) in [7, 11) is 0. The van der Waals surface area contributed by atoms with Crippen LogP contribution in [-0.4, -0.2) is 29.5 Å². The Hall–Kier alpha value is -0.510. The third kappa shape index (κ3) is 2.50. The van der Waals surface area contributed by atoms with Crippen molar-refractivity contribution in [1.29, 1.82) is 0 Å². The standard InChI is InChI=1S/C11H15NOS/c13-10-8-12-7-6-11(10)14-9-4-2-1-3-5-9/h1-5,10-13H,6-8H2/t10-,11-/m1/s1. The van der Waals surface area contributed by atoms with Gasteiger partial charge < -0.3 is 10.4 Å². The summed E-state index contributed by atoms with van der Waals surface area (Å²) in [6.45, 7) is 1.74. The fourth-order valence-electron chi connectivity index (χ4n) is 1.63. The number of aliphatic hydroxyl groups excluding tert-OH is 1. The number of benzene rings is 1. The lowest BCUT2D eigenvalue weighted by atomic mass is 10.1. The molecule has 2 nitrogen and oxygen atoms in total. The van der Waals surface area contributed by atoms with E-state index < -0.39 is 0 Å². The zero-order valence-corrected chi connectivity index (χ0v) is 8.83. The van der Waals surface area contributed by atoms with Gasteiger partial charge in [-0.2, -0.15) is 0 Å². The molecule has 2 N–H and O–H groups in total. The monoisotopic (exact) mass is 209 g/mol. The normalized spacial score (nSPS) is 27.5. The molecule has 0 radical (unpaired) electrons. The number of hydrogen-bond acceptors (Lipinski definition) is 3. The first-order chi connectivity index (χ1) is 6.86. The molecule has 1 aliphatic heterocycles. The van der Waals surface area contributed by atoms with Gasteiger partial charge >= 0.3 is 0 Å². The predicted molar refractivity (Wildman–Crippen MR) is 59.6 cm³/mol. The largest absolute Gasteiger partial charge is 0.391 e. The molecule has 0 amide bonds. The van der Waals surface area contributed by atoms with E-state index in [2.05, 4.69) is 17.4 Å². The van der Waals surface area contributed by atoms with Crippen LogP contribution in [0.25, 0.3) is 0 Å². The van der Waals surface area contributed by atoms with Crippen LogP contribution in [0, 0.1) is 0 Å². The highest BCUT2D eigenvalue weighted by molar-refractivity contribution is 8.00. The second-order valence-electron chi connectivity index (χ2n) is 3.53. The number of aliphatic hydroxyl groups is 1. The van der Waals surface area contributed by atoms with Gasteiger partial charge in [0.1, 0.15) is 0 Å². The number of nitrogens with one attached hydrogen (secondary N) is 1. The zero-order valence-electron chi connectivity index (χ0n) is 8.02. The molecule has 14 heavy (non-hydrogen) atoms. The van der Waals surface area contributed by atoms with Crippen molar-refractivity contribution >= 4 is 11.8 Å². The van der Waals surface area contributed by atoms with Crippen LogP contribution in [0.1, 0.15) is 6.42 Å². The molecule has 0 aliphatic carbocycles. The van der Waals surface area contributed by atoms with Crippen molar-refractivity contribution in [3.05, 3.63) is 30.3 Å². The SMILES string of the molecule is O[C@@H]1CNCC[C@H]1Sc1ccccc1. The van der Waals surface area contributed by atoms with Gasteiger partial charge in [-0.05, 0) is 25.1 Å². The van der Waals surface area contributed by atoms with E-state index in [1.165, 1.54) is 4.90 Å². The van der Waals surface area contributed by atoms with Gasteiger partial charge in [0.25, 0.3) is 0 Å². The van der Waals surface area contributed by atoms with E-state index in [0.29, 0.717) is 5.25 Å². The van der Waals surface area contributed by atoms with Crippen molar-refractivity contribution in [3.8, 4) is 0 Å². The number of thioether (sulfide) groups is 1. The van der Waals surface area contributed by atoms with Crippen molar-refractivity contribution in [2.75, 3.05) is 13.1 Å². The molecule has 0 unspecified atom stereocenters. The van der Waals surface area contributed by atoms with Crippen LogP contribution in [0.3, 0.4) is 0 Å². The molecule has 0 saturated carbocycles. The highest BCUT2D eigenvalue weighted by Crippen LogP contribution is 2.28. The van der Waals surface area contributed by atoms with Crippen LogP contribution in [0.15, 0.2) is 35.2 Å². The molecule has 0 spiro atoms. The van der Waals surface area contributed by atoms with Gasteiger partial charge in [0.2, 0.25) is 0 Å². The molecule has 3 heteroatoms. The van der Waals surface area contributed by atoms with E-state index in [9.17, 15) is 5.11 Å². The summed E-state index contributed by atoms with van der Waals surface area (Å²) in [6.07, 6.45) is 0.828. The maximum absolute atomic E-state index is 9.75. The average Bonchev–Trinajstić information content (AvgIpc) is 2.23. The number of rotatable bonds is 2. The van der Waals surface area contributed by atoms with Crippen molar-refractivity contribution < 1.29 is 5.11 Å². The number of β-amino-alcohol motifs (C(OH)–C–C–N with tert-alkyl or cyclic N) is 1. The van der Waals surface area contributed by atoms with Crippen molar-refractivity contribution in [2.45, 2.75) is 22.7 Å². The van der Waals surface area contributed by atoms with E-state index in [1.54, 1.807) is 11.8 Å². The van der Waals surface area contributed by atoms with Gasteiger partial charge in [-0.25, -0.2) is 0 Å². The summed E-state index contributed by atoms with van der Waals surface area (Å²) in [4.78, 5) is 1.25. The molecule has 0 bridgehead atoms. The highest BCUT2D eigenvalue weighted by atomic mass is 32.2. The van der Waals surface area contributed by atoms with E-state index in [1.807, 2.05) is 18.2 Å². The smallest absolute Gasteiger partial charge is 0.0786 e. The summed E-state index contributed by atoms with van der Waals surface area (Å²) < 4.78 is 0. The van der Waals surface area contributed by atoms with Gasteiger partial charge in [-0.15, -0.1) is 11.8 Å². The Morgan fingerprint density at radius 3 is 2.79 bits per heavy atom. The van der Waals surface area contributed by atoms with Crippen LogP contribution in [0.4, 0.5) is 0 Å². The fourth-order valence-corrected chi connectivity index (χ4v) is 2.78. The van der Waals surface area contributed by atoms with E-state index >= 15 is 0 Å². The summed E-state index contributed by atoms with van der Waals surface area (Å²) >= 11 is 1.78. The van der Waals surface area contributed by atoms with Crippen molar-refractivity contribution in [3.63, 3.8) is 0 Å². The van der Waals surface area contributed by atoms with E-state index in [-0.39, 0.29) is 6.10 Å². The second-order valence-corrected chi connectivity index (χ2v) is 4.84. The lowest BCUT2D eigenvalue weighted by Gasteiger charge is -2.27. The summed E-state index contributed by atoms with van der Waals surface area (Å²) in [5.74, 6) is 0. The number of piperidine rings is 1. The van der Waals surface area contributed by atoms with Crippen LogP contribution < -0.4 is 5.32 Å². The molecule has 2 rings (SSSR count). The molecular weight excluding hydrogens is 194 g/mol. The molecule has 0 aromatic heterocycles. The number of hydrogen-bond donors (Lipinski definition) is 2. The predicted octanol–water partition coefficient (Wildman–Crippen LogP) is 1.50. The topological polar surface area (TPSA) is 32.3 Å². The zero-order chi connectivity index (χ0) is 9.80. The molecule has 1 saturated heterocycles. The van der Waals surface area contributed by atoms with Crippen molar-refractivity contribution in [1.82, 2.24) is 5.32 Å². The summed E-state index contributed by atoms with van der Waals surface area (Å²) in [5.41, 5.74) is 0. The summed E-state index contributed by atoms with van der Waals surface area (Å²) in [5, 5.41) is 13.3. The van der Waals surface area contributed by atoms with Gasteiger partial charge in [0, 0.05) is 16.7 Å². The molecule has 1 heterocycles. The Bertz CT molecular complexity index is 278. The Morgan fingerprint density at radius 2 is 2.07 bits per heavy atom. The first kappa shape index (κ1) is 10.0. The molecule has 76 valence electrons. The lowest BCUT2D eigenvalue weighted by molar-refractivity contribution is 0.149. The first-order valence-corrected chi connectivity index (χ1v) is 5.85. The highest BCUT2D eigenvalue weighted by Gasteiger charge is 2.23. The first-order valence-electron chi connectivity index (χ1n) is 4.97. The van der Waals surface area contributed by atoms with E-state index in [4.69, 9.17) is 0 Å². The Kier molecular flexibility index (Phi) is 3.45. The minimum atomic E-state index is -0.214. The fraction of sp³-hybridized carbons (Fsp3) is 0.455. The molecule has 2 atom stereocenters. The van der Waals surface area contributed by atoms with Gasteiger partial charge in [0.15, 0.2) is 0 Å². The van der Waals surface area contributed by atoms with Gasteiger partial charge in [-0.3, -0.25) is 0 Å². The quantitative estimate of drug-likeness (QED) is 0.774. The Labute approximate surface area is 88.7 Å². The molecule has 1 aromatic rings. The lowest BCUT2D eigenvalue weighted by Crippen LogP contribution is -2.42. The average molecular weight is 209 g/mol. The molecular formula is C11H15NOS. The molecule has 1 aromatic carbocycles. The van der Waals surface area contributed by atoms with Crippen LogP contribution in [-0.2, 0) is 0 Å². The maximum Gasteiger partial charge on any atom is 0.0786 e. The molecule has 1 fully saturated rings. The van der Waals surface area contributed by atoms with Crippen LogP contribution in [0.5, 0.6) is 0 Å². The summed E-state index contributed by atoms with van der Waals surface area (Å²) in [6, 6.07) is 10.3. The Balaban J connectivity index is 1.96. The third-order valence-corrected chi connectivity index (χ3v) is 3.82. The Morgan fingerprint density at radius 1 is 1.29 bits per heavy atom. The minimum Gasteiger partial charge on any atom is -0.391 e. The second kappa shape index (κ2) is 4.82. The van der Waals surface area contributed by atoms with Gasteiger partial charge in [-0.1, -0.05) is 18.2 Å². The third-order valence-electron chi connectivity index (χ3n) is 2.42. The molecule has 1 aliphatic rings. The van der Waals surface area contributed by atoms with E-state index in [0.717, 1.165) is 19.5 Å². The van der Waals surface area contributed by atoms with Crippen molar-refractivity contribution in [2.24, 2.45) is 0 Å². The van der Waals surface area contributed by atoms with Gasteiger partial charge in [0.05, 0.1) is 6.10 Å². The minimum absolute atomic E-state index is 0.214.